The van der Waals surface area contributed by atoms with Gasteiger partial charge in [0.25, 0.3) is 0 Å². The highest BCUT2D eigenvalue weighted by Gasteiger charge is 2.39. The molecule has 4 rings (SSSR count). The van der Waals surface area contributed by atoms with Crippen LogP contribution in [-0.4, -0.2) is 35.7 Å². The van der Waals surface area contributed by atoms with E-state index in [1.807, 2.05) is 12.1 Å². The Kier molecular flexibility index (Phi) is 2.78. The zero-order chi connectivity index (χ0) is 12.8. The van der Waals surface area contributed by atoms with E-state index < -0.39 is 0 Å². The summed E-state index contributed by atoms with van der Waals surface area (Å²) in [5.74, 6) is 1.26. The molecule has 3 heterocycles. The monoisotopic (exact) mass is 258 g/mol. The lowest BCUT2D eigenvalue weighted by molar-refractivity contribution is 0.0552. The average molecular weight is 258 g/mol. The van der Waals surface area contributed by atoms with E-state index >= 15 is 0 Å². The first-order valence-electron chi connectivity index (χ1n) is 7.60. The van der Waals surface area contributed by atoms with E-state index in [0.29, 0.717) is 17.8 Å². The van der Waals surface area contributed by atoms with Crippen molar-refractivity contribution < 1.29 is 5.11 Å². The third-order valence-electron chi connectivity index (χ3n) is 5.27. The number of nitrogens with zero attached hydrogens (tertiary/aromatic N) is 1. The maximum absolute atomic E-state index is 9.65. The SMILES string of the molecule is Oc1ccc2c(c1)CCN1C[C@H]3CCCN[C@H]3C[C@@H]21. The standard InChI is InChI=1S/C16H22N2O/c19-13-3-4-14-11(8-13)5-7-18-10-12-2-1-6-17-15(12)9-16(14)18/h3-4,8,12,15-17,19H,1-2,5-7,9-10H2/t12-,15+,16+/m1/s1. The molecular weight excluding hydrogens is 236 g/mol. The Labute approximate surface area is 114 Å². The Hall–Kier alpha value is -1.06. The summed E-state index contributed by atoms with van der Waals surface area (Å²) in [6.07, 6.45) is 5.06. The molecule has 0 amide bonds. The molecule has 0 bridgehead atoms. The number of phenolic OH excluding ortho intramolecular Hbond substituents is 1. The van der Waals surface area contributed by atoms with Gasteiger partial charge in [0.2, 0.25) is 0 Å². The van der Waals surface area contributed by atoms with Gasteiger partial charge in [-0.25, -0.2) is 0 Å². The van der Waals surface area contributed by atoms with Crippen molar-refractivity contribution in [1.29, 1.82) is 0 Å². The van der Waals surface area contributed by atoms with Gasteiger partial charge in [-0.2, -0.15) is 0 Å². The average Bonchev–Trinajstić information content (AvgIpc) is 2.44. The molecular formula is C16H22N2O. The van der Waals surface area contributed by atoms with Crippen LogP contribution in [0, 0.1) is 5.92 Å². The van der Waals surface area contributed by atoms with E-state index in [0.717, 1.165) is 18.9 Å². The second-order valence-corrected chi connectivity index (χ2v) is 6.34. The Bertz CT molecular complexity index is 488. The van der Waals surface area contributed by atoms with Crippen molar-refractivity contribution in [3.63, 3.8) is 0 Å². The maximum atomic E-state index is 9.65. The Morgan fingerprint density at radius 1 is 1.32 bits per heavy atom. The van der Waals surface area contributed by atoms with E-state index in [-0.39, 0.29) is 0 Å². The number of benzene rings is 1. The summed E-state index contributed by atoms with van der Waals surface area (Å²) in [6, 6.07) is 7.23. The number of piperidine rings is 2. The first-order chi connectivity index (χ1) is 9.31. The molecule has 3 aliphatic rings. The van der Waals surface area contributed by atoms with Gasteiger partial charge < -0.3 is 10.4 Å². The first kappa shape index (κ1) is 11.7. The van der Waals surface area contributed by atoms with Crippen molar-refractivity contribution in [2.24, 2.45) is 5.92 Å². The number of nitrogens with one attached hydrogen (secondary N) is 1. The van der Waals surface area contributed by atoms with Crippen molar-refractivity contribution in [2.75, 3.05) is 19.6 Å². The lowest BCUT2D eigenvalue weighted by Gasteiger charge is -2.49. The minimum atomic E-state index is 0.414. The summed E-state index contributed by atoms with van der Waals surface area (Å²) >= 11 is 0. The molecule has 0 spiro atoms. The normalized spacial score (nSPS) is 34.2. The van der Waals surface area contributed by atoms with Gasteiger partial charge in [0.15, 0.2) is 0 Å². The molecule has 2 fully saturated rings. The highest BCUT2D eigenvalue weighted by atomic mass is 16.3. The van der Waals surface area contributed by atoms with Crippen molar-refractivity contribution in [2.45, 2.75) is 37.8 Å². The Morgan fingerprint density at radius 3 is 3.21 bits per heavy atom. The van der Waals surface area contributed by atoms with Crippen LogP contribution in [-0.2, 0) is 6.42 Å². The fourth-order valence-corrected chi connectivity index (χ4v) is 4.30. The summed E-state index contributed by atoms with van der Waals surface area (Å²) < 4.78 is 0. The second kappa shape index (κ2) is 4.50. The van der Waals surface area contributed by atoms with E-state index in [1.54, 1.807) is 0 Å². The van der Waals surface area contributed by atoms with E-state index in [9.17, 15) is 5.11 Å². The second-order valence-electron chi connectivity index (χ2n) is 6.34. The highest BCUT2D eigenvalue weighted by Crippen LogP contribution is 2.41. The molecule has 1 aromatic carbocycles. The Balaban J connectivity index is 1.65. The molecule has 102 valence electrons. The summed E-state index contributed by atoms with van der Waals surface area (Å²) in [4.78, 5) is 2.67. The Morgan fingerprint density at radius 2 is 2.26 bits per heavy atom. The molecule has 3 nitrogen and oxygen atoms in total. The van der Waals surface area contributed by atoms with Crippen LogP contribution in [0.15, 0.2) is 18.2 Å². The predicted molar refractivity (Wildman–Crippen MR) is 75.3 cm³/mol. The lowest BCUT2D eigenvalue weighted by Crippen LogP contribution is -2.54. The minimum Gasteiger partial charge on any atom is -0.508 e. The number of hydrogen-bond donors (Lipinski definition) is 2. The maximum Gasteiger partial charge on any atom is 0.115 e. The van der Waals surface area contributed by atoms with Crippen molar-refractivity contribution >= 4 is 0 Å². The third kappa shape index (κ3) is 1.96. The molecule has 1 aromatic rings. The first-order valence-corrected chi connectivity index (χ1v) is 7.60. The third-order valence-corrected chi connectivity index (χ3v) is 5.27. The van der Waals surface area contributed by atoms with Crippen LogP contribution in [0.25, 0.3) is 0 Å². The van der Waals surface area contributed by atoms with Crippen molar-refractivity contribution in [3.05, 3.63) is 29.3 Å². The van der Waals surface area contributed by atoms with E-state index in [2.05, 4.69) is 16.3 Å². The highest BCUT2D eigenvalue weighted by molar-refractivity contribution is 5.39. The van der Waals surface area contributed by atoms with Crippen LogP contribution in [0.3, 0.4) is 0 Å². The molecule has 0 radical (unpaired) electrons. The number of phenols is 1. The van der Waals surface area contributed by atoms with Gasteiger partial charge >= 0.3 is 0 Å². The van der Waals surface area contributed by atoms with Crippen LogP contribution in [0.2, 0.25) is 0 Å². The summed E-state index contributed by atoms with van der Waals surface area (Å²) in [5, 5.41) is 13.4. The van der Waals surface area contributed by atoms with Gasteiger partial charge in [0.05, 0.1) is 0 Å². The van der Waals surface area contributed by atoms with E-state index in [1.165, 1.54) is 43.5 Å². The summed E-state index contributed by atoms with van der Waals surface area (Å²) in [7, 11) is 0. The number of rotatable bonds is 0. The lowest BCUT2D eigenvalue weighted by atomic mass is 9.77. The predicted octanol–water partition coefficient (Wildman–Crippen LogP) is 2.06. The minimum absolute atomic E-state index is 0.414. The quantitative estimate of drug-likeness (QED) is 0.748. The van der Waals surface area contributed by atoms with E-state index in [4.69, 9.17) is 0 Å². The largest absolute Gasteiger partial charge is 0.508 e. The van der Waals surface area contributed by atoms with Gasteiger partial charge in [0.1, 0.15) is 5.75 Å². The summed E-state index contributed by atoms with van der Waals surface area (Å²) in [5.41, 5.74) is 2.81. The molecule has 3 heteroatoms. The zero-order valence-corrected chi connectivity index (χ0v) is 11.3. The van der Waals surface area contributed by atoms with Crippen LogP contribution in [0.5, 0.6) is 5.75 Å². The molecule has 3 atom stereocenters. The van der Waals surface area contributed by atoms with Crippen molar-refractivity contribution in [1.82, 2.24) is 10.2 Å². The van der Waals surface area contributed by atoms with Crippen LogP contribution >= 0.6 is 0 Å². The molecule has 0 aromatic heterocycles. The number of fused-ring (bicyclic) bond motifs is 4. The number of hydrogen-bond acceptors (Lipinski definition) is 3. The smallest absolute Gasteiger partial charge is 0.115 e. The molecule has 19 heavy (non-hydrogen) atoms. The molecule has 0 unspecified atom stereocenters. The fourth-order valence-electron chi connectivity index (χ4n) is 4.30. The molecule has 2 N–H and O–H groups in total. The molecule has 0 aliphatic carbocycles. The number of aromatic hydroxyl groups is 1. The van der Waals surface area contributed by atoms with Crippen molar-refractivity contribution in [3.8, 4) is 5.75 Å². The van der Waals surface area contributed by atoms with Gasteiger partial charge in [-0.15, -0.1) is 0 Å². The fraction of sp³-hybridized carbons (Fsp3) is 0.625. The van der Waals surface area contributed by atoms with Gasteiger partial charge in [-0.1, -0.05) is 6.07 Å². The molecule has 2 saturated heterocycles. The summed E-state index contributed by atoms with van der Waals surface area (Å²) in [6.45, 7) is 3.60. The molecule has 3 aliphatic heterocycles. The van der Waals surface area contributed by atoms with Gasteiger partial charge in [-0.05, 0) is 61.4 Å². The topological polar surface area (TPSA) is 35.5 Å². The van der Waals surface area contributed by atoms with Gasteiger partial charge in [0, 0.05) is 25.2 Å². The van der Waals surface area contributed by atoms with Crippen LogP contribution in [0.1, 0.15) is 36.4 Å². The zero-order valence-electron chi connectivity index (χ0n) is 11.3. The van der Waals surface area contributed by atoms with Crippen LogP contribution in [0.4, 0.5) is 0 Å². The molecule has 0 saturated carbocycles. The van der Waals surface area contributed by atoms with Crippen LogP contribution < -0.4 is 5.32 Å². The van der Waals surface area contributed by atoms with Gasteiger partial charge in [-0.3, -0.25) is 4.90 Å².